The highest BCUT2D eigenvalue weighted by atomic mass is 32.1. The van der Waals surface area contributed by atoms with Gasteiger partial charge in [-0.2, -0.15) is 9.61 Å². The lowest BCUT2D eigenvalue weighted by Crippen LogP contribution is -2.27. The Balaban J connectivity index is 1.26. The topological polar surface area (TPSA) is 81.4 Å². The molecule has 4 rings (SSSR count). The van der Waals surface area contributed by atoms with Gasteiger partial charge >= 0.3 is 0 Å². The number of carbonyl (C=O) groups excluding carboxylic acids is 1. The standard InChI is InChI=1S/C18H21N5O2S/c1-2-25-14-7-3-12(4-8-14)11-15(24)19-10-9-16-22-23-17(13-5-6-13)20-21-18(23)26-16/h3-4,7-8,13H,2,5-6,9-11H2,1H3,(H,19,24). The van der Waals surface area contributed by atoms with Crippen molar-refractivity contribution >= 4 is 22.2 Å². The van der Waals surface area contributed by atoms with E-state index in [1.807, 2.05) is 35.7 Å². The van der Waals surface area contributed by atoms with Crippen LogP contribution in [0.25, 0.3) is 4.96 Å². The van der Waals surface area contributed by atoms with Crippen LogP contribution in [-0.4, -0.2) is 38.9 Å². The first kappa shape index (κ1) is 17.0. The van der Waals surface area contributed by atoms with Crippen molar-refractivity contribution in [3.05, 3.63) is 40.7 Å². The maximum atomic E-state index is 12.1. The first-order valence-corrected chi connectivity index (χ1v) is 9.74. The Labute approximate surface area is 155 Å². The molecule has 1 aromatic carbocycles. The van der Waals surface area contributed by atoms with E-state index in [1.54, 1.807) is 0 Å². The molecule has 2 aromatic heterocycles. The molecule has 1 fully saturated rings. The molecule has 1 N–H and O–H groups in total. The van der Waals surface area contributed by atoms with Crippen molar-refractivity contribution in [3.8, 4) is 5.75 Å². The molecule has 8 heteroatoms. The van der Waals surface area contributed by atoms with Crippen LogP contribution in [0.2, 0.25) is 0 Å². The summed E-state index contributed by atoms with van der Waals surface area (Å²) >= 11 is 1.54. The third-order valence-corrected chi connectivity index (χ3v) is 5.22. The highest BCUT2D eigenvalue weighted by Crippen LogP contribution is 2.39. The maximum Gasteiger partial charge on any atom is 0.234 e. The Hall–Kier alpha value is -2.48. The number of nitrogens with one attached hydrogen (secondary N) is 1. The molecule has 1 amide bonds. The van der Waals surface area contributed by atoms with Gasteiger partial charge in [0, 0.05) is 18.9 Å². The normalized spacial score (nSPS) is 13.9. The molecule has 1 saturated carbocycles. The molecule has 0 saturated heterocycles. The number of hydrogen-bond donors (Lipinski definition) is 1. The van der Waals surface area contributed by atoms with Crippen LogP contribution in [0.15, 0.2) is 24.3 Å². The minimum atomic E-state index is 0.0100. The third kappa shape index (κ3) is 3.85. The molecule has 0 aliphatic heterocycles. The molecule has 1 aliphatic carbocycles. The molecule has 1 aliphatic rings. The number of carbonyl (C=O) groups is 1. The van der Waals surface area contributed by atoms with Gasteiger partial charge in [-0.25, -0.2) is 0 Å². The predicted molar refractivity (Wildman–Crippen MR) is 98.7 cm³/mol. The zero-order chi connectivity index (χ0) is 17.9. The number of rotatable bonds is 8. The summed E-state index contributed by atoms with van der Waals surface area (Å²) in [5.74, 6) is 2.33. The van der Waals surface area contributed by atoms with Crippen molar-refractivity contribution in [1.82, 2.24) is 25.1 Å². The van der Waals surface area contributed by atoms with Gasteiger partial charge in [-0.05, 0) is 37.5 Å². The summed E-state index contributed by atoms with van der Waals surface area (Å²) in [4.78, 5) is 12.9. The molecule has 136 valence electrons. The van der Waals surface area contributed by atoms with Crippen LogP contribution < -0.4 is 10.1 Å². The predicted octanol–water partition coefficient (Wildman–Crippen LogP) is 2.36. The van der Waals surface area contributed by atoms with Crippen LogP contribution >= 0.6 is 11.3 Å². The van der Waals surface area contributed by atoms with Gasteiger partial charge < -0.3 is 10.1 Å². The summed E-state index contributed by atoms with van der Waals surface area (Å²) in [7, 11) is 0. The molecule has 0 bridgehead atoms. The van der Waals surface area contributed by atoms with Gasteiger partial charge in [-0.15, -0.1) is 10.2 Å². The van der Waals surface area contributed by atoms with Crippen molar-refractivity contribution in [1.29, 1.82) is 0 Å². The van der Waals surface area contributed by atoms with E-state index in [2.05, 4.69) is 20.6 Å². The minimum absolute atomic E-state index is 0.0100. The first-order chi connectivity index (χ1) is 12.7. The fourth-order valence-electron chi connectivity index (χ4n) is 2.80. The van der Waals surface area contributed by atoms with Crippen molar-refractivity contribution in [2.45, 2.75) is 38.5 Å². The van der Waals surface area contributed by atoms with Crippen LogP contribution in [0, 0.1) is 0 Å². The SMILES string of the molecule is CCOc1ccc(CC(=O)NCCc2nn3c(C4CC4)nnc3s2)cc1. The number of ether oxygens (including phenoxy) is 1. The summed E-state index contributed by atoms with van der Waals surface area (Å²) in [5, 5.41) is 16.9. The molecule has 0 unspecified atom stereocenters. The highest BCUT2D eigenvalue weighted by molar-refractivity contribution is 7.16. The van der Waals surface area contributed by atoms with E-state index in [0.29, 0.717) is 31.9 Å². The van der Waals surface area contributed by atoms with E-state index in [1.165, 1.54) is 24.2 Å². The van der Waals surface area contributed by atoms with Gasteiger partial charge in [0.2, 0.25) is 10.9 Å². The summed E-state index contributed by atoms with van der Waals surface area (Å²) in [6.07, 6.45) is 3.42. The lowest BCUT2D eigenvalue weighted by molar-refractivity contribution is -0.120. The average Bonchev–Trinajstić information content (AvgIpc) is 3.27. The van der Waals surface area contributed by atoms with Crippen molar-refractivity contribution in [2.75, 3.05) is 13.2 Å². The Kier molecular flexibility index (Phi) is 4.83. The number of amides is 1. The maximum absolute atomic E-state index is 12.1. The quantitative estimate of drug-likeness (QED) is 0.657. The van der Waals surface area contributed by atoms with Gasteiger partial charge in [0.05, 0.1) is 13.0 Å². The van der Waals surface area contributed by atoms with Crippen LogP contribution in [0.3, 0.4) is 0 Å². The number of aromatic nitrogens is 4. The Morgan fingerprint density at radius 2 is 2.12 bits per heavy atom. The average molecular weight is 371 g/mol. The second-order valence-electron chi connectivity index (χ2n) is 6.38. The van der Waals surface area contributed by atoms with Gasteiger partial charge in [-0.3, -0.25) is 4.79 Å². The lowest BCUT2D eigenvalue weighted by atomic mass is 10.1. The summed E-state index contributed by atoms with van der Waals surface area (Å²) < 4.78 is 7.27. The minimum Gasteiger partial charge on any atom is -0.494 e. The molecule has 0 radical (unpaired) electrons. The zero-order valence-electron chi connectivity index (χ0n) is 14.6. The molecule has 7 nitrogen and oxygen atoms in total. The van der Waals surface area contributed by atoms with Crippen molar-refractivity contribution in [3.63, 3.8) is 0 Å². The summed E-state index contributed by atoms with van der Waals surface area (Å²) in [6, 6.07) is 7.63. The van der Waals surface area contributed by atoms with Gasteiger partial charge in [0.15, 0.2) is 5.82 Å². The van der Waals surface area contributed by atoms with E-state index >= 15 is 0 Å². The summed E-state index contributed by atoms with van der Waals surface area (Å²) in [6.45, 7) is 3.16. The Morgan fingerprint density at radius 1 is 1.31 bits per heavy atom. The highest BCUT2D eigenvalue weighted by Gasteiger charge is 2.29. The smallest absolute Gasteiger partial charge is 0.234 e. The van der Waals surface area contributed by atoms with Crippen LogP contribution in [0.1, 0.15) is 42.1 Å². The van der Waals surface area contributed by atoms with E-state index < -0.39 is 0 Å². The van der Waals surface area contributed by atoms with Crippen LogP contribution in [-0.2, 0) is 17.6 Å². The second-order valence-corrected chi connectivity index (χ2v) is 7.42. The Morgan fingerprint density at radius 3 is 2.85 bits per heavy atom. The van der Waals surface area contributed by atoms with E-state index in [4.69, 9.17) is 4.74 Å². The van der Waals surface area contributed by atoms with Crippen molar-refractivity contribution < 1.29 is 9.53 Å². The molecule has 0 atom stereocenters. The van der Waals surface area contributed by atoms with Crippen LogP contribution in [0.5, 0.6) is 5.75 Å². The first-order valence-electron chi connectivity index (χ1n) is 8.92. The van der Waals surface area contributed by atoms with Gasteiger partial charge in [0.1, 0.15) is 10.8 Å². The fraction of sp³-hybridized carbons (Fsp3) is 0.444. The molecule has 0 spiro atoms. The van der Waals surface area contributed by atoms with E-state index in [0.717, 1.165) is 27.1 Å². The lowest BCUT2D eigenvalue weighted by Gasteiger charge is -2.06. The zero-order valence-corrected chi connectivity index (χ0v) is 15.5. The largest absolute Gasteiger partial charge is 0.494 e. The van der Waals surface area contributed by atoms with E-state index in [-0.39, 0.29) is 5.91 Å². The third-order valence-electron chi connectivity index (χ3n) is 4.26. The Bertz CT molecular complexity index is 898. The number of fused-ring (bicyclic) bond motifs is 1. The van der Waals surface area contributed by atoms with Gasteiger partial charge in [0.25, 0.3) is 0 Å². The molecule has 3 aromatic rings. The van der Waals surface area contributed by atoms with Crippen LogP contribution in [0.4, 0.5) is 0 Å². The molecule has 26 heavy (non-hydrogen) atoms. The molecule has 2 heterocycles. The molecular formula is C18H21N5O2S. The van der Waals surface area contributed by atoms with Crippen molar-refractivity contribution in [2.24, 2.45) is 0 Å². The fourth-order valence-corrected chi connectivity index (χ4v) is 3.64. The van der Waals surface area contributed by atoms with E-state index in [9.17, 15) is 4.79 Å². The summed E-state index contributed by atoms with van der Waals surface area (Å²) in [5.41, 5.74) is 0.971. The number of hydrogen-bond acceptors (Lipinski definition) is 6. The second kappa shape index (κ2) is 7.41. The monoisotopic (exact) mass is 371 g/mol. The number of benzene rings is 1. The number of nitrogens with zero attached hydrogens (tertiary/aromatic N) is 4. The van der Waals surface area contributed by atoms with Gasteiger partial charge in [-0.1, -0.05) is 23.5 Å². The molecular weight excluding hydrogens is 350 g/mol.